The first kappa shape index (κ1) is 22.1. The van der Waals surface area contributed by atoms with Gasteiger partial charge in [-0.2, -0.15) is 5.10 Å². The summed E-state index contributed by atoms with van der Waals surface area (Å²) in [4.78, 5) is 30.9. The van der Waals surface area contributed by atoms with E-state index in [2.05, 4.69) is 5.10 Å². The summed E-state index contributed by atoms with van der Waals surface area (Å²) >= 11 is 6.64. The molecular formula is C27H33ClN4O2. The van der Waals surface area contributed by atoms with Gasteiger partial charge >= 0.3 is 0 Å². The number of benzene rings is 1. The van der Waals surface area contributed by atoms with Crippen molar-refractivity contribution in [2.75, 3.05) is 26.2 Å². The van der Waals surface area contributed by atoms with Crippen molar-refractivity contribution in [1.29, 1.82) is 0 Å². The number of hydrogen-bond acceptors (Lipinski definition) is 3. The molecule has 2 aromatic rings. The van der Waals surface area contributed by atoms with Crippen LogP contribution in [0.1, 0.15) is 60.1 Å². The lowest BCUT2D eigenvalue weighted by molar-refractivity contribution is -0.159. The summed E-state index contributed by atoms with van der Waals surface area (Å²) in [5, 5.41) is 4.93. The minimum atomic E-state index is -0.112. The van der Waals surface area contributed by atoms with Crippen LogP contribution in [0.3, 0.4) is 0 Å². The molecule has 1 aromatic heterocycles. The van der Waals surface area contributed by atoms with E-state index in [0.717, 1.165) is 42.6 Å². The van der Waals surface area contributed by atoms with Gasteiger partial charge in [0.05, 0.1) is 23.2 Å². The van der Waals surface area contributed by atoms with Crippen LogP contribution < -0.4 is 0 Å². The van der Waals surface area contributed by atoms with E-state index in [9.17, 15) is 9.59 Å². The number of halogens is 1. The zero-order valence-corrected chi connectivity index (χ0v) is 20.6. The number of carbonyl (C=O) groups is 2. The lowest BCUT2D eigenvalue weighted by Gasteiger charge is -2.57. The average molecular weight is 481 g/mol. The van der Waals surface area contributed by atoms with E-state index >= 15 is 0 Å². The van der Waals surface area contributed by atoms with E-state index in [0.29, 0.717) is 55.0 Å². The third-order valence-corrected chi connectivity index (χ3v) is 9.18. The van der Waals surface area contributed by atoms with Crippen LogP contribution in [-0.2, 0) is 11.3 Å². The van der Waals surface area contributed by atoms with Gasteiger partial charge in [-0.25, -0.2) is 4.68 Å². The third-order valence-electron chi connectivity index (χ3n) is 8.80. The van der Waals surface area contributed by atoms with Crippen LogP contribution in [0.4, 0.5) is 0 Å². The monoisotopic (exact) mass is 480 g/mol. The molecule has 1 aliphatic heterocycles. The van der Waals surface area contributed by atoms with Crippen LogP contribution in [0.15, 0.2) is 30.3 Å². The molecule has 1 saturated heterocycles. The van der Waals surface area contributed by atoms with Gasteiger partial charge in [-0.05, 0) is 68.8 Å². The van der Waals surface area contributed by atoms with Crippen LogP contribution in [0, 0.1) is 30.1 Å². The standard InChI is InChI=1S/C27H33ClN4O2/c1-18-23(24(28)32(29-18)17-19-5-3-2-4-6-19)25(33)30-7-9-31(10-8-30)26(34)27-14-20-11-21(15-27)13-22(12-20)16-27/h2-6,20-22H,7-17H2,1H3. The molecule has 5 aliphatic rings. The quantitative estimate of drug-likeness (QED) is 0.652. The van der Waals surface area contributed by atoms with E-state index in [4.69, 9.17) is 11.6 Å². The Balaban J connectivity index is 1.12. The van der Waals surface area contributed by atoms with Gasteiger partial charge in [-0.1, -0.05) is 41.9 Å². The fraction of sp³-hybridized carbons (Fsp3) is 0.593. The minimum Gasteiger partial charge on any atom is -0.339 e. The number of carbonyl (C=O) groups excluding carboxylic acids is 2. The van der Waals surface area contributed by atoms with Crippen LogP contribution in [0.5, 0.6) is 0 Å². The normalized spacial score (nSPS) is 30.1. The van der Waals surface area contributed by atoms with E-state index in [-0.39, 0.29) is 11.3 Å². The van der Waals surface area contributed by atoms with Gasteiger partial charge in [0, 0.05) is 26.2 Å². The number of hydrogen-bond donors (Lipinski definition) is 0. The van der Waals surface area contributed by atoms with Crippen LogP contribution in [0.2, 0.25) is 5.15 Å². The molecule has 0 atom stereocenters. The van der Waals surface area contributed by atoms with Crippen molar-refractivity contribution in [3.05, 3.63) is 52.3 Å². The molecule has 7 heteroatoms. The Hall–Kier alpha value is -2.34. The van der Waals surface area contributed by atoms with Crippen molar-refractivity contribution < 1.29 is 9.59 Å². The predicted octanol–water partition coefficient (Wildman–Crippen LogP) is 4.39. The smallest absolute Gasteiger partial charge is 0.259 e. The topological polar surface area (TPSA) is 58.4 Å². The lowest BCUT2D eigenvalue weighted by atomic mass is 9.49. The molecule has 2 amide bonds. The van der Waals surface area contributed by atoms with Gasteiger partial charge in [0.1, 0.15) is 5.15 Å². The van der Waals surface area contributed by atoms with Crippen LogP contribution >= 0.6 is 11.6 Å². The fourth-order valence-corrected chi connectivity index (χ4v) is 7.95. The zero-order chi connectivity index (χ0) is 23.4. The van der Waals surface area contributed by atoms with Gasteiger partial charge in [-0.15, -0.1) is 0 Å². The van der Waals surface area contributed by atoms with Crippen LogP contribution in [-0.4, -0.2) is 57.6 Å². The molecule has 2 heterocycles. The molecule has 4 saturated carbocycles. The molecule has 180 valence electrons. The molecule has 1 aromatic carbocycles. The van der Waals surface area contributed by atoms with Gasteiger partial charge in [0.15, 0.2) is 0 Å². The highest BCUT2D eigenvalue weighted by atomic mass is 35.5. The summed E-state index contributed by atoms with van der Waals surface area (Å²) in [5.74, 6) is 2.56. The lowest BCUT2D eigenvalue weighted by Crippen LogP contribution is -2.58. The van der Waals surface area contributed by atoms with Crippen LogP contribution in [0.25, 0.3) is 0 Å². The average Bonchev–Trinajstić information content (AvgIpc) is 3.10. The van der Waals surface area contributed by atoms with Crippen molar-refractivity contribution in [1.82, 2.24) is 19.6 Å². The van der Waals surface area contributed by atoms with E-state index in [1.807, 2.05) is 47.1 Å². The second-order valence-corrected chi connectivity index (χ2v) is 11.5. The van der Waals surface area contributed by atoms with E-state index in [1.54, 1.807) is 4.68 Å². The molecular weight excluding hydrogens is 448 g/mol. The second kappa shape index (κ2) is 8.40. The number of rotatable bonds is 4. The highest BCUT2D eigenvalue weighted by Gasteiger charge is 2.55. The molecule has 34 heavy (non-hydrogen) atoms. The highest BCUT2D eigenvalue weighted by molar-refractivity contribution is 6.33. The Bertz CT molecular complexity index is 1070. The minimum absolute atomic E-state index is 0.0799. The van der Waals surface area contributed by atoms with Gasteiger partial charge in [0.2, 0.25) is 5.91 Å². The SMILES string of the molecule is Cc1nn(Cc2ccccc2)c(Cl)c1C(=O)N1CCN(C(=O)C23CC4CC(CC(C4)C2)C3)CC1. The number of piperazine rings is 1. The molecule has 0 spiro atoms. The first-order valence-corrected chi connectivity index (χ1v) is 13.1. The fourth-order valence-electron chi connectivity index (χ4n) is 7.64. The maximum absolute atomic E-state index is 13.7. The number of nitrogens with zero attached hydrogens (tertiary/aromatic N) is 4. The molecule has 0 unspecified atom stereocenters. The zero-order valence-electron chi connectivity index (χ0n) is 19.9. The highest BCUT2D eigenvalue weighted by Crippen LogP contribution is 2.60. The van der Waals surface area contributed by atoms with Crippen molar-refractivity contribution in [2.24, 2.45) is 23.2 Å². The summed E-state index contributed by atoms with van der Waals surface area (Å²) in [6.07, 6.45) is 7.29. The number of amides is 2. The Kier molecular flexibility index (Phi) is 5.47. The molecule has 4 aliphatic carbocycles. The Morgan fingerprint density at radius 2 is 1.50 bits per heavy atom. The van der Waals surface area contributed by atoms with Crippen molar-refractivity contribution in [2.45, 2.75) is 52.0 Å². The number of aromatic nitrogens is 2. The summed E-state index contributed by atoms with van der Waals surface area (Å²) in [7, 11) is 0. The summed E-state index contributed by atoms with van der Waals surface area (Å²) in [5.41, 5.74) is 2.11. The largest absolute Gasteiger partial charge is 0.339 e. The molecule has 4 bridgehead atoms. The summed E-state index contributed by atoms with van der Waals surface area (Å²) in [6.45, 7) is 4.70. The van der Waals surface area contributed by atoms with E-state index < -0.39 is 0 Å². The Labute approximate surface area is 206 Å². The molecule has 7 rings (SSSR count). The predicted molar refractivity (Wildman–Crippen MR) is 131 cm³/mol. The molecule has 5 fully saturated rings. The van der Waals surface area contributed by atoms with Crippen molar-refractivity contribution >= 4 is 23.4 Å². The first-order chi connectivity index (χ1) is 16.4. The van der Waals surface area contributed by atoms with Gasteiger partial charge < -0.3 is 9.80 Å². The second-order valence-electron chi connectivity index (χ2n) is 11.2. The number of aryl methyl sites for hydroxylation is 1. The maximum atomic E-state index is 13.7. The maximum Gasteiger partial charge on any atom is 0.259 e. The first-order valence-electron chi connectivity index (χ1n) is 12.8. The van der Waals surface area contributed by atoms with Gasteiger partial charge in [0.25, 0.3) is 5.91 Å². The molecule has 0 radical (unpaired) electrons. The van der Waals surface area contributed by atoms with E-state index in [1.165, 1.54) is 19.3 Å². The molecule has 0 N–H and O–H groups in total. The Morgan fingerprint density at radius 3 is 2.09 bits per heavy atom. The Morgan fingerprint density at radius 1 is 0.941 bits per heavy atom. The van der Waals surface area contributed by atoms with Crippen molar-refractivity contribution in [3.8, 4) is 0 Å². The van der Waals surface area contributed by atoms with Gasteiger partial charge in [-0.3, -0.25) is 9.59 Å². The van der Waals surface area contributed by atoms with Crippen molar-refractivity contribution in [3.63, 3.8) is 0 Å². The summed E-state index contributed by atoms with van der Waals surface area (Å²) < 4.78 is 1.70. The third kappa shape index (κ3) is 3.74. The summed E-state index contributed by atoms with van der Waals surface area (Å²) in [6, 6.07) is 9.98. The molecule has 6 nitrogen and oxygen atoms in total.